The molecule has 0 saturated carbocycles. The molecule has 5 nitrogen and oxygen atoms in total. The second kappa shape index (κ2) is 10.9. The fourth-order valence-corrected chi connectivity index (χ4v) is 4.26. The molecular formula is C22H34ClNO4. The van der Waals surface area contributed by atoms with E-state index in [0.717, 1.165) is 50.5 Å². The Morgan fingerprint density at radius 1 is 1.18 bits per heavy atom. The molecule has 1 N–H and O–H groups in total. The van der Waals surface area contributed by atoms with Gasteiger partial charge in [0.05, 0.1) is 19.8 Å². The number of rotatable bonds is 10. The van der Waals surface area contributed by atoms with Crippen molar-refractivity contribution < 1.29 is 19.4 Å². The van der Waals surface area contributed by atoms with E-state index in [1.165, 1.54) is 37.7 Å². The second-order valence-electron chi connectivity index (χ2n) is 8.01. The van der Waals surface area contributed by atoms with Crippen LogP contribution in [0.5, 0.6) is 11.5 Å². The Morgan fingerprint density at radius 2 is 1.89 bits per heavy atom. The third-order valence-corrected chi connectivity index (χ3v) is 5.97. The fraction of sp³-hybridized carbons (Fsp3) is 0.682. The summed E-state index contributed by atoms with van der Waals surface area (Å²) in [6, 6.07) is 6.26. The normalized spacial score (nSPS) is 17.6. The van der Waals surface area contributed by atoms with Crippen molar-refractivity contribution in [2.75, 3.05) is 32.8 Å². The molecule has 0 radical (unpaired) electrons. The molecule has 1 saturated heterocycles. The van der Waals surface area contributed by atoms with Gasteiger partial charge >= 0.3 is 5.97 Å². The van der Waals surface area contributed by atoms with Gasteiger partial charge in [0.2, 0.25) is 0 Å². The molecule has 0 atom stereocenters. The number of hydrogen-bond acceptors (Lipinski definition) is 4. The first-order chi connectivity index (χ1) is 13.1. The summed E-state index contributed by atoms with van der Waals surface area (Å²) in [5, 5.41) is 8.97. The zero-order valence-corrected chi connectivity index (χ0v) is 17.8. The van der Waals surface area contributed by atoms with Gasteiger partial charge in [0, 0.05) is 17.0 Å². The molecule has 1 spiro atoms. The lowest BCUT2D eigenvalue weighted by Gasteiger charge is -2.37. The lowest BCUT2D eigenvalue weighted by Crippen LogP contribution is -2.45. The summed E-state index contributed by atoms with van der Waals surface area (Å²) < 4.78 is 11.9. The number of aliphatic carboxylic acids is 1. The Bertz CT molecular complexity index is 629. The summed E-state index contributed by atoms with van der Waals surface area (Å²) in [6.07, 6.45) is 9.48. The van der Waals surface area contributed by atoms with E-state index in [2.05, 4.69) is 19.1 Å². The lowest BCUT2D eigenvalue weighted by molar-refractivity contribution is -0.138. The number of carboxylic acids is 1. The number of piperidine rings is 1. The van der Waals surface area contributed by atoms with E-state index < -0.39 is 5.97 Å². The number of carboxylic acid groups (broad SMARTS) is 1. The topological polar surface area (TPSA) is 59.0 Å². The number of ether oxygens (including phenoxy) is 2. The summed E-state index contributed by atoms with van der Waals surface area (Å²) in [7, 11) is 0. The predicted molar refractivity (Wildman–Crippen MR) is 113 cm³/mol. The van der Waals surface area contributed by atoms with Gasteiger partial charge in [-0.05, 0) is 38.4 Å². The van der Waals surface area contributed by atoms with E-state index in [-0.39, 0.29) is 24.4 Å². The molecule has 2 aliphatic heterocycles. The number of carbonyl (C=O) groups is 1. The van der Waals surface area contributed by atoms with Crippen molar-refractivity contribution in [1.82, 2.24) is 4.90 Å². The molecule has 0 aromatic heterocycles. The van der Waals surface area contributed by atoms with Gasteiger partial charge in [0.1, 0.15) is 11.5 Å². The standard InChI is InChI=1S/C22H33NO4.ClH/c1-2-3-4-5-6-7-14-26-18-8-9-19-20(15-18)27-17-22(19)10-12-23(13-11-22)16-21(24)25;/h8-9,15H,2-7,10-14,16-17H2,1H3,(H,24,25);1H. The average molecular weight is 412 g/mol. The molecule has 0 unspecified atom stereocenters. The Morgan fingerprint density at radius 3 is 2.61 bits per heavy atom. The zero-order chi connectivity index (χ0) is 19.1. The van der Waals surface area contributed by atoms with Crippen LogP contribution in [0.3, 0.4) is 0 Å². The van der Waals surface area contributed by atoms with Gasteiger partial charge in [0.25, 0.3) is 0 Å². The summed E-state index contributed by atoms with van der Waals surface area (Å²) in [4.78, 5) is 12.9. The monoisotopic (exact) mass is 411 g/mol. The quantitative estimate of drug-likeness (QED) is 0.567. The van der Waals surface area contributed by atoms with Gasteiger partial charge in [-0.15, -0.1) is 12.4 Å². The number of halogens is 1. The van der Waals surface area contributed by atoms with Crippen LogP contribution in [-0.2, 0) is 10.2 Å². The van der Waals surface area contributed by atoms with Crippen molar-refractivity contribution in [2.24, 2.45) is 0 Å². The van der Waals surface area contributed by atoms with Crippen LogP contribution in [0.1, 0.15) is 63.9 Å². The van der Waals surface area contributed by atoms with Gasteiger partial charge in [-0.25, -0.2) is 0 Å². The third kappa shape index (κ3) is 5.77. The molecule has 3 rings (SSSR count). The Hall–Kier alpha value is -1.46. The molecule has 0 bridgehead atoms. The first-order valence-electron chi connectivity index (χ1n) is 10.5. The maximum Gasteiger partial charge on any atom is 0.317 e. The molecule has 0 amide bonds. The molecule has 1 fully saturated rings. The van der Waals surface area contributed by atoms with Crippen LogP contribution in [0, 0.1) is 0 Å². The molecule has 158 valence electrons. The number of fused-ring (bicyclic) bond motifs is 2. The van der Waals surface area contributed by atoms with Crippen LogP contribution in [0.25, 0.3) is 0 Å². The van der Waals surface area contributed by atoms with Crippen molar-refractivity contribution in [3.05, 3.63) is 23.8 Å². The third-order valence-electron chi connectivity index (χ3n) is 5.97. The molecule has 1 aromatic rings. The van der Waals surface area contributed by atoms with Gasteiger partial charge in [-0.3, -0.25) is 9.69 Å². The number of hydrogen-bond donors (Lipinski definition) is 1. The maximum absolute atomic E-state index is 10.9. The first kappa shape index (κ1) is 22.8. The molecule has 6 heteroatoms. The van der Waals surface area contributed by atoms with Gasteiger partial charge < -0.3 is 14.6 Å². The maximum atomic E-state index is 10.9. The van der Waals surface area contributed by atoms with Crippen LogP contribution < -0.4 is 9.47 Å². The van der Waals surface area contributed by atoms with Crippen molar-refractivity contribution in [1.29, 1.82) is 0 Å². The van der Waals surface area contributed by atoms with Crippen molar-refractivity contribution in [3.63, 3.8) is 0 Å². The van der Waals surface area contributed by atoms with Crippen LogP contribution >= 0.6 is 12.4 Å². The largest absolute Gasteiger partial charge is 0.493 e. The minimum absolute atomic E-state index is 0. The Kier molecular flexibility index (Phi) is 8.90. The van der Waals surface area contributed by atoms with Crippen LogP contribution in [0.2, 0.25) is 0 Å². The van der Waals surface area contributed by atoms with Gasteiger partial charge in [-0.1, -0.05) is 45.1 Å². The predicted octanol–water partition coefficient (Wildman–Crippen LogP) is 4.66. The highest BCUT2D eigenvalue weighted by atomic mass is 35.5. The fourth-order valence-electron chi connectivity index (χ4n) is 4.26. The van der Waals surface area contributed by atoms with Crippen molar-refractivity contribution >= 4 is 18.4 Å². The molecule has 0 aliphatic carbocycles. The molecular weight excluding hydrogens is 378 g/mol. The van der Waals surface area contributed by atoms with E-state index in [1.54, 1.807) is 0 Å². The first-order valence-corrected chi connectivity index (χ1v) is 10.5. The molecule has 2 heterocycles. The summed E-state index contributed by atoms with van der Waals surface area (Å²) in [5.41, 5.74) is 1.31. The van der Waals surface area contributed by atoms with Crippen LogP contribution in [0.15, 0.2) is 18.2 Å². The number of unbranched alkanes of at least 4 members (excludes halogenated alkanes) is 5. The second-order valence-corrected chi connectivity index (χ2v) is 8.01. The summed E-state index contributed by atoms with van der Waals surface area (Å²) in [6.45, 7) is 5.46. The highest BCUT2D eigenvalue weighted by Crippen LogP contribution is 2.46. The van der Waals surface area contributed by atoms with Crippen molar-refractivity contribution in [3.8, 4) is 11.5 Å². The van der Waals surface area contributed by atoms with E-state index in [0.29, 0.717) is 6.61 Å². The van der Waals surface area contributed by atoms with Crippen molar-refractivity contribution in [2.45, 2.75) is 63.7 Å². The van der Waals surface area contributed by atoms with E-state index in [9.17, 15) is 4.79 Å². The van der Waals surface area contributed by atoms with E-state index in [4.69, 9.17) is 14.6 Å². The Balaban J connectivity index is 0.00000280. The number of benzene rings is 1. The lowest BCUT2D eigenvalue weighted by atomic mass is 9.74. The minimum atomic E-state index is -0.749. The highest BCUT2D eigenvalue weighted by Gasteiger charge is 2.43. The summed E-state index contributed by atoms with van der Waals surface area (Å²) in [5.74, 6) is 1.09. The number of likely N-dealkylation sites (tertiary alicyclic amines) is 1. The molecule has 2 aliphatic rings. The van der Waals surface area contributed by atoms with Gasteiger partial charge in [0.15, 0.2) is 0 Å². The molecule has 1 aromatic carbocycles. The highest BCUT2D eigenvalue weighted by molar-refractivity contribution is 5.85. The smallest absolute Gasteiger partial charge is 0.317 e. The number of nitrogens with zero attached hydrogens (tertiary/aromatic N) is 1. The van der Waals surface area contributed by atoms with Crippen LogP contribution in [0.4, 0.5) is 0 Å². The molecule has 28 heavy (non-hydrogen) atoms. The van der Waals surface area contributed by atoms with Crippen LogP contribution in [-0.4, -0.2) is 48.8 Å². The van der Waals surface area contributed by atoms with E-state index in [1.807, 2.05) is 11.0 Å². The van der Waals surface area contributed by atoms with E-state index >= 15 is 0 Å². The average Bonchev–Trinajstić information content (AvgIpc) is 3.00. The van der Waals surface area contributed by atoms with Gasteiger partial charge in [-0.2, -0.15) is 0 Å². The zero-order valence-electron chi connectivity index (χ0n) is 17.0. The minimum Gasteiger partial charge on any atom is -0.493 e. The summed E-state index contributed by atoms with van der Waals surface area (Å²) >= 11 is 0. The SMILES string of the molecule is CCCCCCCCOc1ccc2c(c1)OCC21CCN(CC(=O)O)CC1.Cl. The Labute approximate surface area is 174 Å².